The van der Waals surface area contributed by atoms with Crippen LogP contribution < -0.4 is 5.32 Å². The van der Waals surface area contributed by atoms with Crippen molar-refractivity contribution < 1.29 is 0 Å². The van der Waals surface area contributed by atoms with Crippen LogP contribution in [-0.4, -0.2) is 44.5 Å². The third kappa shape index (κ3) is 3.23. The Morgan fingerprint density at radius 2 is 2.17 bits per heavy atom. The second-order valence-electron chi connectivity index (χ2n) is 6.56. The molecule has 4 heterocycles. The van der Waals surface area contributed by atoms with E-state index in [-0.39, 0.29) is 0 Å². The number of rotatable bonds is 5. The van der Waals surface area contributed by atoms with Crippen LogP contribution in [0.1, 0.15) is 17.5 Å². The van der Waals surface area contributed by atoms with Gasteiger partial charge in [0.25, 0.3) is 0 Å². The maximum absolute atomic E-state index is 4.45. The van der Waals surface area contributed by atoms with Crippen LogP contribution in [0.4, 0.5) is 5.82 Å². The molecule has 3 aromatic heterocycles. The number of pyridine rings is 1. The lowest BCUT2D eigenvalue weighted by Gasteiger charge is -2.16. The summed E-state index contributed by atoms with van der Waals surface area (Å²) < 4.78 is 0. The van der Waals surface area contributed by atoms with Crippen molar-refractivity contribution in [1.82, 2.24) is 24.8 Å². The van der Waals surface area contributed by atoms with E-state index in [4.69, 9.17) is 0 Å². The fraction of sp³-hybridized carbons (Fsp3) is 0.389. The molecule has 2 N–H and O–H groups in total. The number of nitrogens with one attached hydrogen (secondary N) is 2. The van der Waals surface area contributed by atoms with Crippen LogP contribution in [0.5, 0.6) is 0 Å². The molecule has 1 aliphatic heterocycles. The summed E-state index contributed by atoms with van der Waals surface area (Å²) in [4.78, 5) is 18.8. The number of hydrogen-bond acceptors (Lipinski definition) is 5. The molecule has 0 aromatic carbocycles. The molecule has 0 amide bonds. The van der Waals surface area contributed by atoms with Crippen molar-refractivity contribution >= 4 is 17.0 Å². The van der Waals surface area contributed by atoms with E-state index in [1.807, 2.05) is 18.5 Å². The Labute approximate surface area is 141 Å². The monoisotopic (exact) mass is 322 g/mol. The fourth-order valence-corrected chi connectivity index (χ4v) is 3.37. The highest BCUT2D eigenvalue weighted by molar-refractivity contribution is 5.74. The van der Waals surface area contributed by atoms with Crippen LogP contribution >= 0.6 is 0 Å². The predicted molar refractivity (Wildman–Crippen MR) is 94.7 cm³/mol. The van der Waals surface area contributed by atoms with Crippen LogP contribution in [0, 0.1) is 12.8 Å². The predicted octanol–water partition coefficient (Wildman–Crippen LogP) is 2.60. The van der Waals surface area contributed by atoms with Gasteiger partial charge in [-0.2, -0.15) is 0 Å². The van der Waals surface area contributed by atoms with Gasteiger partial charge in [-0.3, -0.25) is 9.88 Å². The number of likely N-dealkylation sites (tertiary alicyclic amines) is 1. The summed E-state index contributed by atoms with van der Waals surface area (Å²) >= 11 is 0. The Morgan fingerprint density at radius 1 is 1.25 bits per heavy atom. The normalized spacial score (nSPS) is 18.3. The highest BCUT2D eigenvalue weighted by Crippen LogP contribution is 2.22. The molecule has 1 saturated heterocycles. The summed E-state index contributed by atoms with van der Waals surface area (Å²) in [5.41, 5.74) is 4.33. The molecule has 124 valence electrons. The van der Waals surface area contributed by atoms with Gasteiger partial charge in [-0.25, -0.2) is 9.97 Å². The molecule has 0 radical (unpaired) electrons. The molecular weight excluding hydrogens is 300 g/mol. The van der Waals surface area contributed by atoms with Gasteiger partial charge in [0.05, 0.1) is 0 Å². The van der Waals surface area contributed by atoms with Crippen LogP contribution in [-0.2, 0) is 6.54 Å². The van der Waals surface area contributed by atoms with Crippen molar-refractivity contribution in [1.29, 1.82) is 0 Å². The molecule has 6 nitrogen and oxygen atoms in total. The van der Waals surface area contributed by atoms with Crippen molar-refractivity contribution in [3.63, 3.8) is 0 Å². The van der Waals surface area contributed by atoms with Crippen molar-refractivity contribution in [2.24, 2.45) is 5.92 Å². The molecule has 0 aliphatic carbocycles. The molecular formula is C18H22N6. The molecule has 1 unspecified atom stereocenters. The number of H-pyrrole nitrogens is 1. The second-order valence-corrected chi connectivity index (χ2v) is 6.56. The van der Waals surface area contributed by atoms with Crippen molar-refractivity contribution in [2.75, 3.05) is 25.0 Å². The zero-order chi connectivity index (χ0) is 16.4. The first-order valence-corrected chi connectivity index (χ1v) is 8.44. The number of fused-ring (bicyclic) bond motifs is 1. The Hall–Kier alpha value is -2.47. The smallest absolute Gasteiger partial charge is 0.156 e. The van der Waals surface area contributed by atoms with Gasteiger partial charge in [0.1, 0.15) is 11.3 Å². The van der Waals surface area contributed by atoms with E-state index >= 15 is 0 Å². The van der Waals surface area contributed by atoms with E-state index in [1.165, 1.54) is 17.5 Å². The van der Waals surface area contributed by atoms with Gasteiger partial charge in [-0.05, 0) is 43.5 Å². The summed E-state index contributed by atoms with van der Waals surface area (Å²) in [6.07, 6.45) is 8.58. The van der Waals surface area contributed by atoms with Crippen LogP contribution in [0.25, 0.3) is 11.2 Å². The Morgan fingerprint density at radius 3 is 3.08 bits per heavy atom. The van der Waals surface area contributed by atoms with E-state index < -0.39 is 0 Å². The van der Waals surface area contributed by atoms with Gasteiger partial charge in [0.2, 0.25) is 0 Å². The lowest BCUT2D eigenvalue weighted by atomic mass is 10.1. The maximum Gasteiger partial charge on any atom is 0.156 e. The largest absolute Gasteiger partial charge is 0.370 e. The van der Waals surface area contributed by atoms with Gasteiger partial charge in [0, 0.05) is 50.0 Å². The first-order valence-electron chi connectivity index (χ1n) is 8.44. The molecule has 0 spiro atoms. The van der Waals surface area contributed by atoms with Crippen molar-refractivity contribution in [3.05, 3.63) is 48.0 Å². The average molecular weight is 322 g/mol. The minimum atomic E-state index is 0.656. The quantitative estimate of drug-likeness (QED) is 0.755. The lowest BCUT2D eigenvalue weighted by molar-refractivity contribution is 0.320. The van der Waals surface area contributed by atoms with Gasteiger partial charge in [-0.1, -0.05) is 0 Å². The van der Waals surface area contributed by atoms with Gasteiger partial charge < -0.3 is 10.3 Å². The minimum absolute atomic E-state index is 0.656. The molecule has 4 rings (SSSR count). The molecule has 1 atom stereocenters. The lowest BCUT2D eigenvalue weighted by Crippen LogP contribution is -2.22. The molecule has 0 bridgehead atoms. The number of hydrogen-bond donors (Lipinski definition) is 2. The number of anilines is 1. The van der Waals surface area contributed by atoms with Crippen LogP contribution in [0.2, 0.25) is 0 Å². The Kier molecular flexibility index (Phi) is 4.13. The number of aromatic amines is 1. The number of aryl methyl sites for hydroxylation is 1. The highest BCUT2D eigenvalue weighted by atomic mass is 15.2. The summed E-state index contributed by atoms with van der Waals surface area (Å²) in [5.74, 6) is 1.63. The Balaban J connectivity index is 1.33. The van der Waals surface area contributed by atoms with E-state index in [2.05, 4.69) is 43.1 Å². The maximum atomic E-state index is 4.45. The Bertz CT molecular complexity index is 827. The first-order chi connectivity index (χ1) is 11.8. The molecule has 24 heavy (non-hydrogen) atoms. The van der Waals surface area contributed by atoms with Crippen LogP contribution in [0.15, 0.2) is 36.9 Å². The zero-order valence-corrected chi connectivity index (χ0v) is 13.9. The first kappa shape index (κ1) is 15.1. The summed E-state index contributed by atoms with van der Waals surface area (Å²) in [5, 5.41) is 3.47. The molecule has 1 fully saturated rings. The third-order valence-electron chi connectivity index (χ3n) is 4.64. The van der Waals surface area contributed by atoms with Gasteiger partial charge in [0.15, 0.2) is 5.65 Å². The molecule has 0 saturated carbocycles. The van der Waals surface area contributed by atoms with E-state index in [1.54, 1.807) is 12.4 Å². The summed E-state index contributed by atoms with van der Waals surface area (Å²) in [7, 11) is 0. The fourth-order valence-electron chi connectivity index (χ4n) is 3.37. The second kappa shape index (κ2) is 6.57. The van der Waals surface area contributed by atoms with Gasteiger partial charge in [-0.15, -0.1) is 0 Å². The SMILES string of the molecule is Cc1ccnc(NCC2CCN(Cc3c[nH]c4nccnc34)C2)c1. The minimum Gasteiger partial charge on any atom is -0.370 e. The topological polar surface area (TPSA) is 69.7 Å². The van der Waals surface area contributed by atoms with E-state index in [0.29, 0.717) is 5.92 Å². The average Bonchev–Trinajstić information content (AvgIpc) is 3.21. The number of nitrogens with zero attached hydrogens (tertiary/aromatic N) is 4. The molecule has 1 aliphatic rings. The summed E-state index contributed by atoms with van der Waals surface area (Å²) in [6.45, 7) is 6.22. The zero-order valence-electron chi connectivity index (χ0n) is 13.9. The van der Waals surface area contributed by atoms with Gasteiger partial charge >= 0.3 is 0 Å². The van der Waals surface area contributed by atoms with Crippen molar-refractivity contribution in [2.45, 2.75) is 19.9 Å². The van der Waals surface area contributed by atoms with E-state index in [0.717, 1.165) is 43.2 Å². The standard InChI is InChI=1S/C18H22N6/c1-13-2-4-19-16(8-13)22-9-14-3-7-24(11-14)12-15-10-23-18-17(15)20-5-6-21-18/h2,4-6,8,10,14H,3,7,9,11-12H2,1H3,(H,19,22)(H,21,23). The molecule has 3 aromatic rings. The third-order valence-corrected chi connectivity index (χ3v) is 4.64. The highest BCUT2D eigenvalue weighted by Gasteiger charge is 2.23. The van der Waals surface area contributed by atoms with Crippen LogP contribution in [0.3, 0.4) is 0 Å². The summed E-state index contributed by atoms with van der Waals surface area (Å²) in [6, 6.07) is 4.11. The van der Waals surface area contributed by atoms with Crippen molar-refractivity contribution in [3.8, 4) is 0 Å². The number of aromatic nitrogens is 4. The van der Waals surface area contributed by atoms with E-state index in [9.17, 15) is 0 Å². The molecule has 6 heteroatoms.